The molecule has 0 heterocycles. The Morgan fingerprint density at radius 1 is 0.582 bits per heavy atom. The van der Waals surface area contributed by atoms with E-state index in [4.69, 9.17) is 0 Å². The number of carbonyl (C=O) groups excluding carboxylic acids is 2. The normalized spacial score (nSPS) is 14.1. The van der Waals surface area contributed by atoms with Crippen LogP contribution in [0.5, 0.6) is 0 Å². The Kier molecular flexibility index (Phi) is 11.4. The first kappa shape index (κ1) is 39.8. The van der Waals surface area contributed by atoms with Crippen molar-refractivity contribution in [2.45, 2.75) is 49.6 Å². The number of amides is 2. The molecule has 0 saturated carbocycles. The van der Waals surface area contributed by atoms with Gasteiger partial charge in [-0.1, -0.05) is 0 Å². The van der Waals surface area contributed by atoms with Crippen molar-refractivity contribution >= 4 is 39.6 Å². The molecule has 0 unspecified atom stereocenters. The average molecular weight is 827 g/mol. The maximum absolute atomic E-state index is 17.5. The van der Waals surface area contributed by atoms with E-state index in [0.717, 1.165) is 38.1 Å². The quantitative estimate of drug-likeness (QED) is 0.119. The molecule has 15 heteroatoms. The van der Waals surface area contributed by atoms with Gasteiger partial charge in [-0.2, -0.15) is 0 Å². The molecular formula is C40H34F4N2O6S2Ti. The minimum absolute atomic E-state index is 0.0630. The van der Waals surface area contributed by atoms with Gasteiger partial charge in [-0.3, -0.25) is 0 Å². The van der Waals surface area contributed by atoms with E-state index in [1.165, 1.54) is 48.5 Å². The van der Waals surface area contributed by atoms with Crippen molar-refractivity contribution in [2.24, 2.45) is 0 Å². The van der Waals surface area contributed by atoms with E-state index in [1.807, 2.05) is 0 Å². The Morgan fingerprint density at radius 3 is 1.25 bits per heavy atom. The number of hydrogen-bond acceptors (Lipinski definition) is 6. The first-order valence-electron chi connectivity index (χ1n) is 17.0. The Hall–Kier alpha value is -4.89. The summed E-state index contributed by atoms with van der Waals surface area (Å²) in [7, 11) is -9.06. The molecule has 8 nitrogen and oxygen atoms in total. The molecule has 284 valence electrons. The zero-order valence-electron chi connectivity index (χ0n) is 29.5. The van der Waals surface area contributed by atoms with Crippen molar-refractivity contribution in [3.63, 3.8) is 0 Å². The summed E-state index contributed by atoms with van der Waals surface area (Å²) in [5, 5.41) is 0. The molecule has 4 aromatic carbocycles. The average Bonchev–Trinajstić information content (AvgIpc) is 3.90. The molecule has 0 atom stereocenters. The van der Waals surface area contributed by atoms with Gasteiger partial charge >= 0.3 is 322 Å². The van der Waals surface area contributed by atoms with E-state index in [1.54, 1.807) is 48.6 Å². The van der Waals surface area contributed by atoms with Gasteiger partial charge in [0.15, 0.2) is 0 Å². The number of hydrogen-bond donors (Lipinski definition) is 0. The summed E-state index contributed by atoms with van der Waals surface area (Å²) >= 11 is -5.52. The summed E-state index contributed by atoms with van der Waals surface area (Å²) < 4.78 is 123. The summed E-state index contributed by atoms with van der Waals surface area (Å²) in [4.78, 5) is 25.2. The summed E-state index contributed by atoms with van der Waals surface area (Å²) in [5.41, 5.74) is -0.846. The Labute approximate surface area is 320 Å². The van der Waals surface area contributed by atoms with Crippen molar-refractivity contribution in [1.82, 2.24) is 8.61 Å². The van der Waals surface area contributed by atoms with E-state index >= 15 is 17.6 Å². The number of sulfonamides is 2. The first-order chi connectivity index (χ1) is 26.1. The van der Waals surface area contributed by atoms with Gasteiger partial charge < -0.3 is 0 Å². The molecular weight excluding hydrogens is 792 g/mol. The van der Waals surface area contributed by atoms with Crippen molar-refractivity contribution in [2.75, 3.05) is 0 Å². The van der Waals surface area contributed by atoms with Gasteiger partial charge in [-0.05, 0) is 0 Å². The van der Waals surface area contributed by atoms with E-state index < -0.39 is 104 Å². The van der Waals surface area contributed by atoms with Crippen LogP contribution in [0.2, 0.25) is 0 Å². The molecule has 4 aromatic rings. The third-order valence-corrected chi connectivity index (χ3v) is 21.2. The fourth-order valence-corrected chi connectivity index (χ4v) is 18.2. The van der Waals surface area contributed by atoms with Crippen LogP contribution in [0.3, 0.4) is 0 Å². The molecule has 0 bridgehead atoms. The third kappa shape index (κ3) is 7.19. The molecule has 0 spiro atoms. The van der Waals surface area contributed by atoms with Crippen LogP contribution in [0, 0.1) is 23.3 Å². The number of nitrogens with zero attached hydrogens (tertiary/aromatic N) is 2. The van der Waals surface area contributed by atoms with Crippen LogP contribution < -0.4 is 7.74 Å². The summed E-state index contributed by atoms with van der Waals surface area (Å²) in [5.74, 6) is -6.78. The van der Waals surface area contributed by atoms with Gasteiger partial charge in [-0.15, -0.1) is 0 Å². The van der Waals surface area contributed by atoms with Crippen LogP contribution in [0.1, 0.15) is 37.8 Å². The zero-order valence-corrected chi connectivity index (χ0v) is 32.7. The van der Waals surface area contributed by atoms with Gasteiger partial charge in [0.05, 0.1) is 0 Å². The first-order valence-corrected chi connectivity index (χ1v) is 23.0. The van der Waals surface area contributed by atoms with Crippen LogP contribution in [0.25, 0.3) is 0 Å². The van der Waals surface area contributed by atoms with E-state index in [2.05, 4.69) is 0 Å². The zero-order chi connectivity index (χ0) is 39.7. The second kappa shape index (κ2) is 15.7. The monoisotopic (exact) mass is 826 g/mol. The molecule has 2 aliphatic rings. The van der Waals surface area contributed by atoms with Gasteiger partial charge in [-0.25, -0.2) is 0 Å². The topological polar surface area (TPSA) is 109 Å². The summed E-state index contributed by atoms with van der Waals surface area (Å²) in [6.45, 7) is 0.226. The van der Waals surface area contributed by atoms with Crippen molar-refractivity contribution in [3.8, 4) is 0 Å². The molecule has 2 amide bonds. The Balaban J connectivity index is 1.59. The molecule has 0 radical (unpaired) electrons. The van der Waals surface area contributed by atoms with Gasteiger partial charge in [0, 0.05) is 0 Å². The van der Waals surface area contributed by atoms with Gasteiger partial charge in [0.1, 0.15) is 0 Å². The number of carbonyl (C=O) groups is 2. The van der Waals surface area contributed by atoms with Crippen LogP contribution in [-0.4, -0.2) is 37.3 Å². The Bertz CT molecular complexity index is 2370. The molecule has 0 saturated heterocycles. The fourth-order valence-electron chi connectivity index (χ4n) is 7.03. The van der Waals surface area contributed by atoms with Gasteiger partial charge in [0.25, 0.3) is 0 Å². The summed E-state index contributed by atoms with van der Waals surface area (Å²) in [6.07, 6.45) is 9.79. The maximum atomic E-state index is 17.5. The summed E-state index contributed by atoms with van der Waals surface area (Å²) in [6, 6.07) is 17.7. The molecule has 0 aliphatic heterocycles. The minimum atomic E-state index is -5.52. The number of benzene rings is 4. The molecule has 0 aromatic heterocycles. The predicted molar refractivity (Wildman–Crippen MR) is 195 cm³/mol. The molecule has 0 fully saturated rings. The van der Waals surface area contributed by atoms with Crippen molar-refractivity contribution < 1.29 is 60.6 Å². The predicted octanol–water partition coefficient (Wildman–Crippen LogP) is 6.51. The standard InChI is InChI=1S/2C15H12F2NO3S.2C5H5.Ti/c2*1-11(19)18(10-12-7-8-13(16)9-15(12)17)22(20,21)14-5-3-2-4-6-14;2*1-2-4-5-3-1;/h2*2-8H,10H2,1H3;2*1-3H,4H2;. The number of halogens is 4. The van der Waals surface area contributed by atoms with Crippen LogP contribution >= 0.6 is 0 Å². The SMILES string of the molecule is CC(=O)N(Cc1ccc(F)[c]([Ti]([C]2=CC=CC2)([C]2=CC=CC2)[c]2c(F)ccc(CN(C(C)=O)S(=O)(=O)c3ccccc3)c2F)c1F)S(=O)(=O)c1ccccc1. The van der Waals surface area contributed by atoms with Crippen LogP contribution in [0.15, 0.2) is 139 Å². The van der Waals surface area contributed by atoms with Crippen molar-refractivity contribution in [1.29, 1.82) is 0 Å². The van der Waals surface area contributed by atoms with E-state index in [-0.39, 0.29) is 22.6 Å². The van der Waals surface area contributed by atoms with Gasteiger partial charge in [0.2, 0.25) is 0 Å². The number of rotatable bonds is 12. The van der Waals surface area contributed by atoms with Crippen LogP contribution in [0.4, 0.5) is 17.6 Å². The number of allylic oxidation sites excluding steroid dienone is 8. The third-order valence-electron chi connectivity index (χ3n) is 9.59. The second-order valence-corrected chi connectivity index (χ2v) is 22.5. The second-order valence-electron chi connectivity index (χ2n) is 12.9. The molecule has 2 aliphatic carbocycles. The fraction of sp³-hybridized carbons (Fsp3) is 0.150. The van der Waals surface area contributed by atoms with E-state index in [9.17, 15) is 26.4 Å². The van der Waals surface area contributed by atoms with E-state index in [0.29, 0.717) is 16.4 Å². The molecule has 0 N–H and O–H groups in total. The molecule has 55 heavy (non-hydrogen) atoms. The van der Waals surface area contributed by atoms with Crippen LogP contribution in [-0.2, 0) is 59.3 Å². The molecule has 6 rings (SSSR count). The Morgan fingerprint density at radius 2 is 0.945 bits per heavy atom. The van der Waals surface area contributed by atoms with Crippen molar-refractivity contribution in [3.05, 3.63) is 164 Å².